The Kier molecular flexibility index (Phi) is 8.05. The number of hydrogen-bond acceptors (Lipinski definition) is 0. The Labute approximate surface area is 218 Å². The van der Waals surface area contributed by atoms with E-state index in [0.717, 1.165) is 0 Å². The van der Waals surface area contributed by atoms with Crippen LogP contribution in [0.25, 0.3) is 0 Å². The first kappa shape index (κ1) is 29.3. The van der Waals surface area contributed by atoms with Gasteiger partial charge in [0.15, 0.2) is 46.5 Å². The van der Waals surface area contributed by atoms with Gasteiger partial charge in [-0.1, -0.05) is 24.3 Å². The molecule has 38 heavy (non-hydrogen) atoms. The predicted octanol–water partition coefficient (Wildman–Crippen LogP) is 1.74. The molecular formula is C24H8BF12Li. The van der Waals surface area contributed by atoms with Gasteiger partial charge in [-0.3, -0.25) is 0 Å². The van der Waals surface area contributed by atoms with Gasteiger partial charge in [0.25, 0.3) is 0 Å². The van der Waals surface area contributed by atoms with E-state index in [-0.39, 0.29) is 43.1 Å². The first-order valence-electron chi connectivity index (χ1n) is 10.1. The average Bonchev–Trinajstić information content (AvgIpc) is 2.86. The van der Waals surface area contributed by atoms with Gasteiger partial charge < -0.3 is 0 Å². The zero-order valence-electron chi connectivity index (χ0n) is 18.7. The van der Waals surface area contributed by atoms with Crippen LogP contribution in [0.15, 0.2) is 48.5 Å². The number of halogens is 12. The first-order chi connectivity index (χ1) is 17.3. The number of rotatable bonds is 4. The standard InChI is InChI=1S/C24H8BF12.Li/c26-13-5-1-9(17(30)21(13)34)25(10-2-6-14(27)22(35)18(10)31,11-3-7-15(28)23(36)19(11)32)12-4-8-16(29)24(37)20(12)33;/h1-8H;/q-1;+1. The third kappa shape index (κ3) is 4.18. The van der Waals surface area contributed by atoms with Crippen molar-refractivity contribution >= 4 is 28.0 Å². The molecule has 0 heterocycles. The SMILES string of the molecule is Fc1ccc([B-](c2ccc(F)c(F)c2F)(c2ccc(F)c(F)c2F)c2ccc(F)c(F)c2F)c(F)c1F.[Li+]. The Morgan fingerprint density at radius 1 is 0.289 bits per heavy atom. The molecule has 0 atom stereocenters. The van der Waals surface area contributed by atoms with Crippen molar-refractivity contribution in [1.82, 2.24) is 0 Å². The Morgan fingerprint density at radius 2 is 0.474 bits per heavy atom. The van der Waals surface area contributed by atoms with Gasteiger partial charge in [-0.25, -0.2) is 52.7 Å². The first-order valence-corrected chi connectivity index (χ1v) is 10.1. The van der Waals surface area contributed by atoms with Crippen molar-refractivity contribution in [1.29, 1.82) is 0 Å². The maximum absolute atomic E-state index is 15.3. The largest absolute Gasteiger partial charge is 1.00 e. The van der Waals surface area contributed by atoms with Gasteiger partial charge in [0.05, 0.1) is 0 Å². The van der Waals surface area contributed by atoms with Crippen LogP contribution in [0.1, 0.15) is 0 Å². The van der Waals surface area contributed by atoms with Crippen LogP contribution in [0.4, 0.5) is 52.7 Å². The van der Waals surface area contributed by atoms with Crippen LogP contribution in [0.5, 0.6) is 0 Å². The van der Waals surface area contributed by atoms with Crippen molar-refractivity contribution in [2.75, 3.05) is 0 Å². The van der Waals surface area contributed by atoms with Crippen LogP contribution >= 0.6 is 0 Å². The Bertz CT molecular complexity index is 1340. The van der Waals surface area contributed by atoms with E-state index in [2.05, 4.69) is 0 Å². The Morgan fingerprint density at radius 3 is 0.658 bits per heavy atom. The van der Waals surface area contributed by atoms with Gasteiger partial charge in [0.1, 0.15) is 29.4 Å². The molecule has 0 radical (unpaired) electrons. The van der Waals surface area contributed by atoms with Crippen molar-refractivity contribution in [2.45, 2.75) is 0 Å². The molecule has 0 aliphatic carbocycles. The summed E-state index contributed by atoms with van der Waals surface area (Å²) in [5.74, 6) is -25.8. The molecule has 0 aliphatic heterocycles. The van der Waals surface area contributed by atoms with Gasteiger partial charge in [0.2, 0.25) is 0 Å². The van der Waals surface area contributed by atoms with E-state index < -0.39 is 97.8 Å². The molecule has 14 heteroatoms. The second-order valence-electron chi connectivity index (χ2n) is 7.92. The molecule has 0 saturated heterocycles. The summed E-state index contributed by atoms with van der Waals surface area (Å²) in [4.78, 5) is 0. The molecule has 0 fully saturated rings. The molecule has 4 aromatic carbocycles. The third-order valence-electron chi connectivity index (χ3n) is 6.13. The number of benzene rings is 4. The van der Waals surface area contributed by atoms with E-state index in [1.165, 1.54) is 0 Å². The van der Waals surface area contributed by atoms with E-state index in [0.29, 0.717) is 24.3 Å². The van der Waals surface area contributed by atoms with Gasteiger partial charge >= 0.3 is 18.9 Å². The van der Waals surface area contributed by atoms with Crippen molar-refractivity contribution in [2.24, 2.45) is 0 Å². The fourth-order valence-electron chi connectivity index (χ4n) is 4.51. The molecule has 0 saturated carbocycles. The van der Waals surface area contributed by atoms with Gasteiger partial charge in [0, 0.05) is 0 Å². The van der Waals surface area contributed by atoms with Crippen LogP contribution in [0, 0.1) is 69.8 Å². The van der Waals surface area contributed by atoms with Crippen molar-refractivity contribution in [3.63, 3.8) is 0 Å². The third-order valence-corrected chi connectivity index (χ3v) is 6.13. The molecule has 0 bridgehead atoms. The van der Waals surface area contributed by atoms with E-state index in [1.807, 2.05) is 0 Å². The van der Waals surface area contributed by atoms with Crippen LogP contribution < -0.4 is 40.7 Å². The molecule has 0 unspecified atom stereocenters. The maximum atomic E-state index is 15.3. The molecule has 192 valence electrons. The number of hydrogen-bond donors (Lipinski definition) is 0. The summed E-state index contributed by atoms with van der Waals surface area (Å²) in [7, 11) is 0. The molecule has 4 rings (SSSR count). The van der Waals surface area contributed by atoms with Crippen LogP contribution in [-0.4, -0.2) is 6.15 Å². The average molecular weight is 542 g/mol. The van der Waals surface area contributed by atoms with Crippen molar-refractivity contribution in [3.05, 3.63) is 118 Å². The second-order valence-corrected chi connectivity index (χ2v) is 7.92. The minimum absolute atomic E-state index is 0. The quantitative estimate of drug-likeness (QED) is 0.210. The van der Waals surface area contributed by atoms with Crippen LogP contribution in [0.3, 0.4) is 0 Å². The molecule has 0 aliphatic rings. The van der Waals surface area contributed by atoms with Crippen molar-refractivity contribution < 1.29 is 71.5 Å². The summed E-state index contributed by atoms with van der Waals surface area (Å²) in [5.41, 5.74) is -5.67. The molecule has 0 nitrogen and oxygen atoms in total. The topological polar surface area (TPSA) is 0 Å². The molecule has 0 amide bonds. The summed E-state index contributed by atoms with van der Waals surface area (Å²) in [6.45, 7) is 0. The molecule has 4 aromatic rings. The minimum atomic E-state index is -4.58. The fraction of sp³-hybridized carbons (Fsp3) is 0. The Hall–Kier alpha value is -3.30. The maximum Gasteiger partial charge on any atom is 1.00 e. The molecule has 0 N–H and O–H groups in total. The normalized spacial score (nSPS) is 11.5. The molecule has 0 spiro atoms. The smallest absolute Gasteiger partial charge is 0.207 e. The van der Waals surface area contributed by atoms with Gasteiger partial charge in [-0.15, -0.1) is 0 Å². The molecular weight excluding hydrogens is 534 g/mol. The summed E-state index contributed by atoms with van der Waals surface area (Å²) in [5, 5.41) is 0. The fourth-order valence-corrected chi connectivity index (χ4v) is 4.51. The van der Waals surface area contributed by atoms with Crippen LogP contribution in [0.2, 0.25) is 0 Å². The van der Waals surface area contributed by atoms with E-state index in [1.54, 1.807) is 0 Å². The minimum Gasteiger partial charge on any atom is -0.207 e. The summed E-state index contributed by atoms with van der Waals surface area (Å²) in [6, 6.07) is 1.97. The summed E-state index contributed by atoms with van der Waals surface area (Å²) < 4.78 is 174. The van der Waals surface area contributed by atoms with E-state index in [9.17, 15) is 35.1 Å². The van der Waals surface area contributed by atoms with Gasteiger partial charge in [-0.05, 0) is 24.3 Å². The second kappa shape index (κ2) is 10.5. The van der Waals surface area contributed by atoms with Crippen LogP contribution in [-0.2, 0) is 0 Å². The predicted molar refractivity (Wildman–Crippen MR) is 110 cm³/mol. The summed E-state index contributed by atoms with van der Waals surface area (Å²) >= 11 is 0. The summed E-state index contributed by atoms with van der Waals surface area (Å²) in [6.07, 6.45) is -4.58. The van der Waals surface area contributed by atoms with Crippen molar-refractivity contribution in [3.8, 4) is 0 Å². The molecule has 0 aromatic heterocycles. The Balaban J connectivity index is 0.00000400. The monoisotopic (exact) mass is 542 g/mol. The zero-order chi connectivity index (χ0) is 27.4. The zero-order valence-corrected chi connectivity index (χ0v) is 18.7. The van der Waals surface area contributed by atoms with E-state index >= 15 is 17.6 Å². The van der Waals surface area contributed by atoms with E-state index in [4.69, 9.17) is 0 Å². The van der Waals surface area contributed by atoms with Gasteiger partial charge in [-0.2, -0.15) is 21.9 Å².